The van der Waals surface area contributed by atoms with Crippen molar-refractivity contribution in [1.29, 1.82) is 0 Å². The number of amides is 2. The second kappa shape index (κ2) is 10.2. The smallest absolute Gasteiger partial charge is 0.256 e. The van der Waals surface area contributed by atoms with Crippen LogP contribution in [-0.2, 0) is 0 Å². The highest BCUT2D eigenvalue weighted by molar-refractivity contribution is 6.08. The van der Waals surface area contributed by atoms with Crippen molar-refractivity contribution in [1.82, 2.24) is 9.88 Å². The van der Waals surface area contributed by atoms with Crippen molar-refractivity contribution in [2.75, 3.05) is 18.4 Å². The quantitative estimate of drug-likeness (QED) is 0.369. The standard InChI is InChI=1S/C28H27N3O3/c1-4-31(5-2)28(33)21-9-8-10-22(17-21)30-26(32)23-11-6-7-12-24(23)27-29-18-25(34-27)20-15-13-19(3)14-16-20/h6-18H,4-5H2,1-3H3,(H,30,32). The molecule has 0 atom stereocenters. The predicted octanol–water partition coefficient (Wildman–Crippen LogP) is 6.05. The highest BCUT2D eigenvalue weighted by Crippen LogP contribution is 2.29. The number of nitrogens with zero attached hydrogens (tertiary/aromatic N) is 2. The summed E-state index contributed by atoms with van der Waals surface area (Å²) in [6.07, 6.45) is 1.66. The van der Waals surface area contributed by atoms with Crippen LogP contribution in [0.3, 0.4) is 0 Å². The molecule has 0 spiro atoms. The number of carbonyl (C=O) groups excluding carboxylic acids is 2. The molecule has 4 rings (SSSR count). The molecule has 4 aromatic rings. The first kappa shape index (κ1) is 23.0. The second-order valence-corrected chi connectivity index (χ2v) is 7.95. The fraction of sp³-hybridized carbons (Fsp3) is 0.179. The molecule has 0 bridgehead atoms. The molecule has 1 N–H and O–H groups in total. The van der Waals surface area contributed by atoms with E-state index in [1.165, 1.54) is 0 Å². The maximum atomic E-state index is 13.2. The molecule has 0 radical (unpaired) electrons. The molecule has 6 nitrogen and oxygen atoms in total. The van der Waals surface area contributed by atoms with Gasteiger partial charge in [0.15, 0.2) is 5.76 Å². The lowest BCUT2D eigenvalue weighted by Gasteiger charge is -2.19. The van der Waals surface area contributed by atoms with Gasteiger partial charge in [-0.15, -0.1) is 0 Å². The molecule has 2 amide bonds. The Morgan fingerprint density at radius 2 is 1.68 bits per heavy atom. The second-order valence-electron chi connectivity index (χ2n) is 7.95. The molecule has 0 fully saturated rings. The van der Waals surface area contributed by atoms with E-state index in [0.717, 1.165) is 11.1 Å². The molecule has 0 aliphatic rings. The van der Waals surface area contributed by atoms with Crippen molar-refractivity contribution in [3.63, 3.8) is 0 Å². The van der Waals surface area contributed by atoms with Gasteiger partial charge in [0.25, 0.3) is 11.8 Å². The van der Waals surface area contributed by atoms with Gasteiger partial charge in [0, 0.05) is 35.5 Å². The van der Waals surface area contributed by atoms with Crippen LogP contribution in [0.5, 0.6) is 0 Å². The molecular weight excluding hydrogens is 426 g/mol. The molecular formula is C28H27N3O3. The lowest BCUT2D eigenvalue weighted by atomic mass is 10.1. The Morgan fingerprint density at radius 1 is 0.941 bits per heavy atom. The van der Waals surface area contributed by atoms with E-state index >= 15 is 0 Å². The molecule has 0 aliphatic heterocycles. The number of aryl methyl sites for hydroxylation is 1. The van der Waals surface area contributed by atoms with Crippen molar-refractivity contribution in [3.8, 4) is 22.8 Å². The third-order valence-corrected chi connectivity index (χ3v) is 5.66. The number of rotatable bonds is 7. The van der Waals surface area contributed by atoms with E-state index in [1.807, 2.05) is 51.1 Å². The Labute approximate surface area is 199 Å². The number of hydrogen-bond donors (Lipinski definition) is 1. The van der Waals surface area contributed by atoms with Gasteiger partial charge in [-0.3, -0.25) is 9.59 Å². The fourth-order valence-corrected chi connectivity index (χ4v) is 3.74. The van der Waals surface area contributed by atoms with Gasteiger partial charge < -0.3 is 14.6 Å². The SMILES string of the molecule is CCN(CC)C(=O)c1cccc(NC(=O)c2ccccc2-c2ncc(-c3ccc(C)cc3)o2)c1. The van der Waals surface area contributed by atoms with E-state index in [-0.39, 0.29) is 11.8 Å². The van der Waals surface area contributed by atoms with Gasteiger partial charge in [-0.05, 0) is 51.1 Å². The van der Waals surface area contributed by atoms with Crippen molar-refractivity contribution in [2.24, 2.45) is 0 Å². The Bertz CT molecular complexity index is 1300. The van der Waals surface area contributed by atoms with Crippen molar-refractivity contribution in [3.05, 3.63) is 95.7 Å². The Hall–Kier alpha value is -4.19. The lowest BCUT2D eigenvalue weighted by molar-refractivity contribution is 0.0772. The van der Waals surface area contributed by atoms with Gasteiger partial charge in [-0.1, -0.05) is 48.0 Å². The van der Waals surface area contributed by atoms with Crippen molar-refractivity contribution >= 4 is 17.5 Å². The zero-order valence-corrected chi connectivity index (χ0v) is 19.5. The number of aromatic nitrogens is 1. The third-order valence-electron chi connectivity index (χ3n) is 5.66. The van der Waals surface area contributed by atoms with Gasteiger partial charge in [0.05, 0.1) is 11.8 Å². The summed E-state index contributed by atoms with van der Waals surface area (Å²) >= 11 is 0. The number of hydrogen-bond acceptors (Lipinski definition) is 4. The van der Waals surface area contributed by atoms with Crippen LogP contribution in [0, 0.1) is 6.92 Å². The minimum atomic E-state index is -0.307. The summed E-state index contributed by atoms with van der Waals surface area (Å²) in [5, 5.41) is 2.90. The predicted molar refractivity (Wildman–Crippen MR) is 134 cm³/mol. The molecule has 6 heteroatoms. The van der Waals surface area contributed by atoms with Gasteiger partial charge in [0.1, 0.15) is 0 Å². The van der Waals surface area contributed by atoms with Gasteiger partial charge in [0.2, 0.25) is 5.89 Å². The van der Waals surface area contributed by atoms with Crippen LogP contribution < -0.4 is 5.32 Å². The molecule has 0 saturated carbocycles. The molecule has 3 aromatic carbocycles. The highest BCUT2D eigenvalue weighted by atomic mass is 16.4. The van der Waals surface area contributed by atoms with Crippen LogP contribution in [0.4, 0.5) is 5.69 Å². The molecule has 1 aromatic heterocycles. The van der Waals surface area contributed by atoms with Crippen LogP contribution in [0.1, 0.15) is 40.1 Å². The number of benzene rings is 3. The summed E-state index contributed by atoms with van der Waals surface area (Å²) in [7, 11) is 0. The van der Waals surface area contributed by atoms with E-state index in [4.69, 9.17) is 4.42 Å². The normalized spacial score (nSPS) is 10.7. The maximum Gasteiger partial charge on any atom is 0.256 e. The summed E-state index contributed by atoms with van der Waals surface area (Å²) in [5.74, 6) is 0.627. The van der Waals surface area contributed by atoms with Gasteiger partial charge >= 0.3 is 0 Å². The number of carbonyl (C=O) groups is 2. The summed E-state index contributed by atoms with van der Waals surface area (Å²) in [4.78, 5) is 32.0. The lowest BCUT2D eigenvalue weighted by Crippen LogP contribution is -2.30. The van der Waals surface area contributed by atoms with E-state index in [9.17, 15) is 9.59 Å². The van der Waals surface area contributed by atoms with Gasteiger partial charge in [-0.25, -0.2) is 4.98 Å². The average molecular weight is 454 g/mol. The minimum Gasteiger partial charge on any atom is -0.436 e. The molecule has 1 heterocycles. The Balaban J connectivity index is 1.58. The molecule has 172 valence electrons. The fourth-order valence-electron chi connectivity index (χ4n) is 3.74. The maximum absolute atomic E-state index is 13.2. The Morgan fingerprint density at radius 3 is 2.41 bits per heavy atom. The van der Waals surface area contributed by atoms with Crippen LogP contribution in [0.25, 0.3) is 22.8 Å². The van der Waals surface area contributed by atoms with E-state index in [0.29, 0.717) is 47.1 Å². The summed E-state index contributed by atoms with van der Waals surface area (Å²) < 4.78 is 6.00. The Kier molecular flexibility index (Phi) is 6.87. The largest absolute Gasteiger partial charge is 0.436 e. The monoisotopic (exact) mass is 453 g/mol. The van der Waals surface area contributed by atoms with E-state index < -0.39 is 0 Å². The first-order chi connectivity index (χ1) is 16.5. The number of anilines is 1. The molecule has 0 aliphatic carbocycles. The van der Waals surface area contributed by atoms with Gasteiger partial charge in [-0.2, -0.15) is 0 Å². The van der Waals surface area contributed by atoms with Crippen LogP contribution in [-0.4, -0.2) is 34.8 Å². The first-order valence-electron chi connectivity index (χ1n) is 11.3. The third kappa shape index (κ3) is 4.91. The number of nitrogens with one attached hydrogen (secondary N) is 1. The van der Waals surface area contributed by atoms with Crippen molar-refractivity contribution in [2.45, 2.75) is 20.8 Å². The van der Waals surface area contributed by atoms with E-state index in [1.54, 1.807) is 53.6 Å². The van der Waals surface area contributed by atoms with Crippen molar-refractivity contribution < 1.29 is 14.0 Å². The molecule has 0 unspecified atom stereocenters. The number of oxazole rings is 1. The van der Waals surface area contributed by atoms with Crippen LogP contribution >= 0.6 is 0 Å². The zero-order valence-electron chi connectivity index (χ0n) is 19.5. The molecule has 0 saturated heterocycles. The molecule has 34 heavy (non-hydrogen) atoms. The minimum absolute atomic E-state index is 0.0649. The van der Waals surface area contributed by atoms with E-state index in [2.05, 4.69) is 10.3 Å². The zero-order chi connectivity index (χ0) is 24.1. The average Bonchev–Trinajstić information content (AvgIpc) is 3.35. The van der Waals surface area contributed by atoms with Crippen LogP contribution in [0.2, 0.25) is 0 Å². The summed E-state index contributed by atoms with van der Waals surface area (Å²) in [6, 6.07) is 22.1. The van der Waals surface area contributed by atoms with Crippen LogP contribution in [0.15, 0.2) is 83.4 Å². The highest BCUT2D eigenvalue weighted by Gasteiger charge is 2.18. The first-order valence-corrected chi connectivity index (χ1v) is 11.3. The topological polar surface area (TPSA) is 75.4 Å². The summed E-state index contributed by atoms with van der Waals surface area (Å²) in [5.41, 5.74) is 4.18. The summed E-state index contributed by atoms with van der Waals surface area (Å²) in [6.45, 7) is 7.16.